The predicted octanol–water partition coefficient (Wildman–Crippen LogP) is 5.46. The number of rotatable bonds is 3. The maximum Gasteiger partial charge on any atom is 0.190 e. The van der Waals surface area contributed by atoms with Gasteiger partial charge in [0.15, 0.2) is 4.80 Å². The third kappa shape index (κ3) is 2.57. The van der Waals surface area contributed by atoms with Crippen molar-refractivity contribution in [1.82, 2.24) is 4.57 Å². The molecule has 0 unspecified atom stereocenters. The van der Waals surface area contributed by atoms with Crippen LogP contribution in [0, 0.1) is 13.8 Å². The number of benzene rings is 1. The topological polar surface area (TPSA) is 17.3 Å². The molecule has 1 saturated carbocycles. The van der Waals surface area contributed by atoms with Gasteiger partial charge in [-0.1, -0.05) is 18.2 Å². The molecule has 0 N–H and O–H groups in total. The Morgan fingerprint density at radius 3 is 2.73 bits per heavy atom. The van der Waals surface area contributed by atoms with E-state index in [1.54, 1.807) is 22.7 Å². The second-order valence-corrected chi connectivity index (χ2v) is 7.67. The fourth-order valence-electron chi connectivity index (χ4n) is 2.63. The van der Waals surface area contributed by atoms with Gasteiger partial charge in [-0.05, 0) is 55.3 Å². The Balaban J connectivity index is 1.89. The van der Waals surface area contributed by atoms with Gasteiger partial charge in [-0.3, -0.25) is 0 Å². The molecule has 1 fully saturated rings. The van der Waals surface area contributed by atoms with Crippen LogP contribution in [0.1, 0.15) is 30.0 Å². The SMILES string of the molecule is Cc1ccc(C)c(N=c2scc(-c3cccs3)n2C2CC2)c1. The fraction of sp³-hybridized carbons (Fsp3) is 0.278. The lowest BCUT2D eigenvalue weighted by atomic mass is 10.1. The van der Waals surface area contributed by atoms with E-state index in [0.29, 0.717) is 6.04 Å². The third-order valence-electron chi connectivity index (χ3n) is 4.01. The molecule has 112 valence electrons. The van der Waals surface area contributed by atoms with Crippen LogP contribution in [0.3, 0.4) is 0 Å². The van der Waals surface area contributed by atoms with Crippen molar-refractivity contribution in [2.75, 3.05) is 0 Å². The number of aromatic nitrogens is 1. The highest BCUT2D eigenvalue weighted by Crippen LogP contribution is 2.39. The third-order valence-corrected chi connectivity index (χ3v) is 5.74. The van der Waals surface area contributed by atoms with Crippen molar-refractivity contribution in [1.29, 1.82) is 0 Å². The number of aryl methyl sites for hydroxylation is 2. The molecule has 1 aliphatic carbocycles. The van der Waals surface area contributed by atoms with E-state index in [2.05, 4.69) is 59.5 Å². The fourth-order valence-corrected chi connectivity index (χ4v) is 4.42. The zero-order valence-corrected chi connectivity index (χ0v) is 14.4. The molecule has 1 aromatic carbocycles. The first kappa shape index (κ1) is 14.0. The summed E-state index contributed by atoms with van der Waals surface area (Å²) in [6.45, 7) is 4.26. The van der Waals surface area contributed by atoms with E-state index in [0.717, 1.165) is 10.5 Å². The summed E-state index contributed by atoms with van der Waals surface area (Å²) in [6, 6.07) is 11.4. The molecule has 2 aromatic heterocycles. The van der Waals surface area contributed by atoms with Crippen molar-refractivity contribution in [2.45, 2.75) is 32.7 Å². The molecule has 0 atom stereocenters. The van der Waals surface area contributed by atoms with Gasteiger partial charge in [0.1, 0.15) is 0 Å². The molecule has 0 saturated heterocycles. The largest absolute Gasteiger partial charge is 0.313 e. The highest BCUT2D eigenvalue weighted by Gasteiger charge is 2.27. The molecular formula is C18H18N2S2. The van der Waals surface area contributed by atoms with Crippen molar-refractivity contribution in [3.8, 4) is 10.6 Å². The van der Waals surface area contributed by atoms with Gasteiger partial charge < -0.3 is 4.57 Å². The lowest BCUT2D eigenvalue weighted by molar-refractivity contribution is 0.725. The summed E-state index contributed by atoms with van der Waals surface area (Å²) in [4.78, 5) is 7.44. The molecular weight excluding hydrogens is 308 g/mol. The van der Waals surface area contributed by atoms with Crippen molar-refractivity contribution in [3.05, 3.63) is 57.0 Å². The van der Waals surface area contributed by atoms with E-state index in [1.165, 1.54) is 34.5 Å². The number of nitrogens with zero attached hydrogens (tertiary/aromatic N) is 2. The Kier molecular flexibility index (Phi) is 3.51. The standard InChI is InChI=1S/C18H18N2S2/c1-12-5-6-13(2)15(10-12)19-18-20(14-7-8-14)16(11-22-18)17-4-3-9-21-17/h3-6,9-11,14H,7-8H2,1-2H3. The van der Waals surface area contributed by atoms with Crippen molar-refractivity contribution < 1.29 is 0 Å². The smallest absolute Gasteiger partial charge is 0.190 e. The molecule has 22 heavy (non-hydrogen) atoms. The van der Waals surface area contributed by atoms with Crippen LogP contribution in [-0.2, 0) is 0 Å². The molecule has 4 rings (SSSR count). The average Bonchev–Trinajstić information content (AvgIpc) is 3.03. The molecule has 2 nitrogen and oxygen atoms in total. The zero-order chi connectivity index (χ0) is 15.1. The maximum absolute atomic E-state index is 4.98. The molecule has 3 aromatic rings. The van der Waals surface area contributed by atoms with Gasteiger partial charge in [0.2, 0.25) is 0 Å². The number of hydrogen-bond acceptors (Lipinski definition) is 3. The van der Waals surface area contributed by atoms with Crippen LogP contribution in [-0.4, -0.2) is 4.57 Å². The predicted molar refractivity (Wildman–Crippen MR) is 95.0 cm³/mol. The minimum absolute atomic E-state index is 0.632. The van der Waals surface area contributed by atoms with E-state index >= 15 is 0 Å². The second kappa shape index (κ2) is 5.52. The Morgan fingerprint density at radius 1 is 1.14 bits per heavy atom. The average molecular weight is 326 g/mol. The van der Waals surface area contributed by atoms with Gasteiger partial charge in [0.25, 0.3) is 0 Å². The van der Waals surface area contributed by atoms with Gasteiger partial charge in [0, 0.05) is 11.4 Å². The monoisotopic (exact) mass is 326 g/mol. The Morgan fingerprint density at radius 2 is 2.00 bits per heavy atom. The maximum atomic E-state index is 4.98. The number of thiophene rings is 1. The number of thiazole rings is 1. The van der Waals surface area contributed by atoms with Gasteiger partial charge in [-0.2, -0.15) is 0 Å². The van der Waals surface area contributed by atoms with Crippen LogP contribution in [0.2, 0.25) is 0 Å². The Labute approximate surface area is 138 Å². The summed E-state index contributed by atoms with van der Waals surface area (Å²) in [5, 5.41) is 4.40. The van der Waals surface area contributed by atoms with Gasteiger partial charge in [-0.15, -0.1) is 22.7 Å². The summed E-state index contributed by atoms with van der Waals surface area (Å²) >= 11 is 3.56. The van der Waals surface area contributed by atoms with Gasteiger partial charge >= 0.3 is 0 Å². The van der Waals surface area contributed by atoms with Crippen LogP contribution in [0.4, 0.5) is 5.69 Å². The first-order valence-electron chi connectivity index (χ1n) is 7.58. The normalized spacial score (nSPS) is 15.5. The summed E-state index contributed by atoms with van der Waals surface area (Å²) < 4.78 is 2.44. The van der Waals surface area contributed by atoms with E-state index in [9.17, 15) is 0 Å². The van der Waals surface area contributed by atoms with E-state index in [1.807, 2.05) is 0 Å². The highest BCUT2D eigenvalue weighted by atomic mass is 32.1. The van der Waals surface area contributed by atoms with Gasteiger partial charge in [0.05, 0.1) is 16.3 Å². The Hall–Kier alpha value is -1.65. The van der Waals surface area contributed by atoms with Crippen molar-refractivity contribution in [3.63, 3.8) is 0 Å². The zero-order valence-electron chi connectivity index (χ0n) is 12.7. The lowest BCUT2D eigenvalue weighted by Gasteiger charge is -2.06. The molecule has 4 heteroatoms. The van der Waals surface area contributed by atoms with Crippen LogP contribution < -0.4 is 4.80 Å². The lowest BCUT2D eigenvalue weighted by Crippen LogP contribution is -2.14. The van der Waals surface area contributed by atoms with E-state index in [-0.39, 0.29) is 0 Å². The summed E-state index contributed by atoms with van der Waals surface area (Å²) in [5.74, 6) is 0. The van der Waals surface area contributed by atoms with Crippen molar-refractivity contribution in [2.24, 2.45) is 4.99 Å². The molecule has 0 radical (unpaired) electrons. The summed E-state index contributed by atoms with van der Waals surface area (Å²) in [6.07, 6.45) is 2.55. The minimum atomic E-state index is 0.632. The van der Waals surface area contributed by atoms with Crippen molar-refractivity contribution >= 4 is 28.4 Å². The molecule has 0 bridgehead atoms. The molecule has 0 spiro atoms. The van der Waals surface area contributed by atoms with Crippen LogP contribution >= 0.6 is 22.7 Å². The van der Waals surface area contributed by atoms with E-state index in [4.69, 9.17) is 4.99 Å². The van der Waals surface area contributed by atoms with Crippen LogP contribution in [0.15, 0.2) is 46.1 Å². The Bertz CT molecular complexity index is 865. The quantitative estimate of drug-likeness (QED) is 0.608. The minimum Gasteiger partial charge on any atom is -0.313 e. The molecule has 2 heterocycles. The second-order valence-electron chi connectivity index (χ2n) is 5.88. The highest BCUT2D eigenvalue weighted by molar-refractivity contribution is 7.14. The molecule has 0 amide bonds. The van der Waals surface area contributed by atoms with E-state index < -0.39 is 0 Å². The molecule has 0 aliphatic heterocycles. The van der Waals surface area contributed by atoms with Crippen LogP contribution in [0.25, 0.3) is 10.6 Å². The first-order chi connectivity index (χ1) is 10.7. The van der Waals surface area contributed by atoms with Crippen LogP contribution in [0.5, 0.6) is 0 Å². The summed E-state index contributed by atoms with van der Waals surface area (Å²) in [7, 11) is 0. The first-order valence-corrected chi connectivity index (χ1v) is 9.34. The van der Waals surface area contributed by atoms with Gasteiger partial charge in [-0.25, -0.2) is 4.99 Å². The summed E-state index contributed by atoms with van der Waals surface area (Å²) in [5.41, 5.74) is 4.91. The number of hydrogen-bond donors (Lipinski definition) is 0. The molecule has 1 aliphatic rings.